The summed E-state index contributed by atoms with van der Waals surface area (Å²) in [6, 6.07) is 12.5. The Bertz CT molecular complexity index is 992. The molecule has 7 heteroatoms. The molecule has 2 unspecified atom stereocenters. The van der Waals surface area contributed by atoms with Gasteiger partial charge < -0.3 is 19.9 Å². The first-order valence-corrected chi connectivity index (χ1v) is 12.5. The second-order valence-corrected chi connectivity index (χ2v) is 9.25. The van der Waals surface area contributed by atoms with Crippen LogP contribution >= 0.6 is 0 Å². The fraction of sp³-hybridized carbons (Fsp3) is 0.483. The molecule has 2 N–H and O–H groups in total. The minimum atomic E-state index is -0.748. The molecule has 0 spiro atoms. The Labute approximate surface area is 214 Å². The van der Waals surface area contributed by atoms with E-state index in [0.717, 1.165) is 47.5 Å². The highest BCUT2D eigenvalue weighted by atomic mass is 16.6. The van der Waals surface area contributed by atoms with E-state index in [0.29, 0.717) is 12.8 Å². The highest BCUT2D eigenvalue weighted by Crippen LogP contribution is 2.31. The molecule has 0 saturated carbocycles. The van der Waals surface area contributed by atoms with E-state index in [1.807, 2.05) is 0 Å². The summed E-state index contributed by atoms with van der Waals surface area (Å²) in [5.41, 5.74) is 11.1. The standard InChI is InChI=1S/C29H39NO6/c1-6-7-14-34-26-15-19(2)29(20(3)16-26)24-11-8-23(9-12-24)10-13-25(18-35-21(4)31)27(17-28(30)33)36-22(5)32/h8-9,11-12,15-16,25,27H,6-7,10,13-14,17-18H2,1-5H3,(H2,30,33). The summed E-state index contributed by atoms with van der Waals surface area (Å²) in [4.78, 5) is 34.5. The third kappa shape index (κ3) is 9.36. The van der Waals surface area contributed by atoms with E-state index in [-0.39, 0.29) is 18.9 Å². The molecule has 0 fully saturated rings. The van der Waals surface area contributed by atoms with Gasteiger partial charge in [-0.3, -0.25) is 14.4 Å². The Balaban J connectivity index is 2.14. The lowest BCUT2D eigenvalue weighted by atomic mass is 9.91. The van der Waals surface area contributed by atoms with Gasteiger partial charge in [0.25, 0.3) is 0 Å². The number of aryl methyl sites for hydroxylation is 3. The topological polar surface area (TPSA) is 105 Å². The second kappa shape index (κ2) is 14.3. The highest BCUT2D eigenvalue weighted by Gasteiger charge is 2.27. The van der Waals surface area contributed by atoms with Crippen LogP contribution in [0.1, 0.15) is 63.1 Å². The molecule has 0 radical (unpaired) electrons. The van der Waals surface area contributed by atoms with Crippen molar-refractivity contribution in [1.29, 1.82) is 0 Å². The fourth-order valence-electron chi connectivity index (χ4n) is 4.30. The van der Waals surface area contributed by atoms with Crippen LogP contribution in [0.5, 0.6) is 5.75 Å². The molecule has 2 atom stereocenters. The number of amides is 1. The van der Waals surface area contributed by atoms with Crippen molar-refractivity contribution in [3.63, 3.8) is 0 Å². The number of primary amides is 1. The summed E-state index contributed by atoms with van der Waals surface area (Å²) in [6.07, 6.45) is 2.48. The Hall–Kier alpha value is -3.35. The number of ether oxygens (including phenoxy) is 3. The van der Waals surface area contributed by atoms with E-state index in [1.54, 1.807) is 0 Å². The third-order valence-electron chi connectivity index (χ3n) is 6.07. The van der Waals surface area contributed by atoms with Crippen molar-refractivity contribution in [2.24, 2.45) is 11.7 Å². The summed E-state index contributed by atoms with van der Waals surface area (Å²) in [5, 5.41) is 0. The zero-order chi connectivity index (χ0) is 26.7. The summed E-state index contributed by atoms with van der Waals surface area (Å²) in [6.45, 7) is 9.70. The minimum absolute atomic E-state index is 0.0453. The van der Waals surface area contributed by atoms with Crippen molar-refractivity contribution < 1.29 is 28.6 Å². The average Bonchev–Trinajstić information content (AvgIpc) is 2.78. The molecule has 0 heterocycles. The predicted octanol–water partition coefficient (Wildman–Crippen LogP) is 5.07. The number of benzene rings is 2. The first kappa shape index (κ1) is 28.9. The predicted molar refractivity (Wildman–Crippen MR) is 140 cm³/mol. The van der Waals surface area contributed by atoms with Gasteiger partial charge in [0.1, 0.15) is 11.9 Å². The number of hydrogen-bond donors (Lipinski definition) is 1. The van der Waals surface area contributed by atoms with Gasteiger partial charge in [0, 0.05) is 19.8 Å². The van der Waals surface area contributed by atoms with Crippen LogP contribution in [-0.4, -0.2) is 37.2 Å². The molecule has 2 aromatic rings. The lowest BCUT2D eigenvalue weighted by Gasteiger charge is -2.25. The summed E-state index contributed by atoms with van der Waals surface area (Å²) < 4.78 is 16.4. The maximum absolute atomic E-state index is 11.6. The highest BCUT2D eigenvalue weighted by molar-refractivity contribution is 5.75. The van der Waals surface area contributed by atoms with Crippen LogP contribution in [0.2, 0.25) is 0 Å². The SMILES string of the molecule is CCCCOc1cc(C)c(-c2ccc(CCC(COC(C)=O)C(CC(N)=O)OC(C)=O)cc2)c(C)c1. The minimum Gasteiger partial charge on any atom is -0.494 e. The van der Waals surface area contributed by atoms with Crippen molar-refractivity contribution in [3.05, 3.63) is 53.1 Å². The molecule has 7 nitrogen and oxygen atoms in total. The van der Waals surface area contributed by atoms with E-state index in [2.05, 4.69) is 57.2 Å². The zero-order valence-corrected chi connectivity index (χ0v) is 22.1. The zero-order valence-electron chi connectivity index (χ0n) is 22.1. The molecule has 0 aliphatic carbocycles. The molecular weight excluding hydrogens is 458 g/mol. The smallest absolute Gasteiger partial charge is 0.302 e. The molecule has 0 bridgehead atoms. The van der Waals surface area contributed by atoms with E-state index in [4.69, 9.17) is 19.9 Å². The first-order valence-electron chi connectivity index (χ1n) is 12.5. The van der Waals surface area contributed by atoms with Crippen LogP contribution in [0.25, 0.3) is 11.1 Å². The van der Waals surface area contributed by atoms with Gasteiger partial charge in [-0.25, -0.2) is 0 Å². The first-order chi connectivity index (χ1) is 17.1. The second-order valence-electron chi connectivity index (χ2n) is 9.25. The van der Waals surface area contributed by atoms with E-state index in [9.17, 15) is 14.4 Å². The van der Waals surface area contributed by atoms with E-state index >= 15 is 0 Å². The third-order valence-corrected chi connectivity index (χ3v) is 6.07. The van der Waals surface area contributed by atoms with Gasteiger partial charge in [0.15, 0.2) is 0 Å². The van der Waals surface area contributed by atoms with Crippen LogP contribution in [-0.2, 0) is 30.3 Å². The van der Waals surface area contributed by atoms with Gasteiger partial charge in [-0.2, -0.15) is 0 Å². The van der Waals surface area contributed by atoms with Gasteiger partial charge in [0.05, 0.1) is 19.6 Å². The lowest BCUT2D eigenvalue weighted by molar-refractivity contribution is -0.154. The van der Waals surface area contributed by atoms with Gasteiger partial charge in [-0.1, -0.05) is 37.6 Å². The number of esters is 2. The van der Waals surface area contributed by atoms with Crippen molar-refractivity contribution >= 4 is 17.8 Å². The molecule has 0 aromatic heterocycles. The molecule has 36 heavy (non-hydrogen) atoms. The number of unbranched alkanes of at least 4 members (excludes halogenated alkanes) is 1. The van der Waals surface area contributed by atoms with Gasteiger partial charge >= 0.3 is 11.9 Å². The Morgan fingerprint density at radius 2 is 1.61 bits per heavy atom. The van der Waals surface area contributed by atoms with E-state index in [1.165, 1.54) is 19.4 Å². The quantitative estimate of drug-likeness (QED) is 0.289. The molecular formula is C29H39NO6. The van der Waals surface area contributed by atoms with Gasteiger partial charge in [-0.05, 0) is 73.1 Å². The molecule has 2 aromatic carbocycles. The van der Waals surface area contributed by atoms with Crippen LogP contribution in [0.15, 0.2) is 36.4 Å². The lowest BCUT2D eigenvalue weighted by Crippen LogP contribution is -2.34. The molecule has 1 amide bonds. The van der Waals surface area contributed by atoms with Gasteiger partial charge in [-0.15, -0.1) is 0 Å². The Kier molecular flexibility index (Phi) is 11.4. The average molecular weight is 498 g/mol. The largest absolute Gasteiger partial charge is 0.494 e. The van der Waals surface area contributed by atoms with Crippen molar-refractivity contribution in [2.75, 3.05) is 13.2 Å². The van der Waals surface area contributed by atoms with Crippen LogP contribution in [0, 0.1) is 19.8 Å². The maximum Gasteiger partial charge on any atom is 0.302 e. The van der Waals surface area contributed by atoms with Gasteiger partial charge in [0.2, 0.25) is 5.91 Å². The number of carbonyl (C=O) groups is 3. The normalized spacial score (nSPS) is 12.5. The van der Waals surface area contributed by atoms with E-state index < -0.39 is 23.9 Å². The Morgan fingerprint density at radius 3 is 2.14 bits per heavy atom. The summed E-state index contributed by atoms with van der Waals surface area (Å²) in [7, 11) is 0. The summed E-state index contributed by atoms with van der Waals surface area (Å²) >= 11 is 0. The number of rotatable bonds is 14. The molecule has 0 saturated heterocycles. The van der Waals surface area contributed by atoms with Crippen molar-refractivity contribution in [1.82, 2.24) is 0 Å². The molecule has 0 aliphatic rings. The number of nitrogens with two attached hydrogens (primary N) is 1. The molecule has 0 aliphatic heterocycles. The van der Waals surface area contributed by atoms with Crippen LogP contribution in [0.4, 0.5) is 0 Å². The maximum atomic E-state index is 11.6. The van der Waals surface area contributed by atoms with Crippen molar-refractivity contribution in [2.45, 2.75) is 72.8 Å². The Morgan fingerprint density at radius 1 is 0.972 bits per heavy atom. The molecule has 2 rings (SSSR count). The number of hydrogen-bond acceptors (Lipinski definition) is 6. The van der Waals surface area contributed by atoms with Crippen molar-refractivity contribution in [3.8, 4) is 16.9 Å². The fourth-order valence-corrected chi connectivity index (χ4v) is 4.30. The molecule has 196 valence electrons. The summed E-state index contributed by atoms with van der Waals surface area (Å²) in [5.74, 6) is -0.972. The van der Waals surface area contributed by atoms with Crippen LogP contribution in [0.3, 0.4) is 0 Å². The monoisotopic (exact) mass is 497 g/mol. The van der Waals surface area contributed by atoms with Crippen LogP contribution < -0.4 is 10.5 Å². The number of carbonyl (C=O) groups excluding carboxylic acids is 3.